The maximum absolute atomic E-state index is 12.5. The van der Waals surface area contributed by atoms with E-state index in [-0.39, 0.29) is 12.5 Å². The van der Waals surface area contributed by atoms with Crippen molar-refractivity contribution in [3.63, 3.8) is 0 Å². The molecule has 0 atom stereocenters. The van der Waals surface area contributed by atoms with Gasteiger partial charge in [0.25, 0.3) is 15.9 Å². The molecule has 1 fully saturated rings. The van der Waals surface area contributed by atoms with E-state index in [0.717, 1.165) is 4.47 Å². The number of sulfonamides is 1. The lowest BCUT2D eigenvalue weighted by Gasteiger charge is -2.33. The molecule has 1 aromatic carbocycles. The second-order valence-corrected chi connectivity index (χ2v) is 9.49. The van der Waals surface area contributed by atoms with E-state index in [2.05, 4.69) is 15.9 Å². The Balaban J connectivity index is 1.51. The first-order valence-electron chi connectivity index (χ1n) is 7.66. The highest BCUT2D eigenvalue weighted by Gasteiger charge is 2.30. The smallest absolute Gasteiger partial charge is 0.260 e. The van der Waals surface area contributed by atoms with Crippen molar-refractivity contribution in [1.82, 2.24) is 9.21 Å². The first-order chi connectivity index (χ1) is 12.0. The number of carbonyl (C=O) groups excluding carboxylic acids is 1. The largest absolute Gasteiger partial charge is 0.484 e. The molecule has 2 aromatic rings. The SMILES string of the molecule is O=C(COc1ccc(Br)cc1)N1CCN(S(=O)(=O)c2cccs2)CC1. The van der Waals surface area contributed by atoms with Gasteiger partial charge in [-0.2, -0.15) is 4.31 Å². The number of benzene rings is 1. The second-order valence-electron chi connectivity index (χ2n) is 5.46. The molecule has 0 spiro atoms. The monoisotopic (exact) mass is 444 g/mol. The Morgan fingerprint density at radius 2 is 1.80 bits per heavy atom. The van der Waals surface area contributed by atoms with Crippen LogP contribution in [0, 0.1) is 0 Å². The van der Waals surface area contributed by atoms with Crippen molar-refractivity contribution in [3.05, 3.63) is 46.3 Å². The molecular weight excluding hydrogens is 428 g/mol. The lowest BCUT2D eigenvalue weighted by Crippen LogP contribution is -2.51. The normalized spacial score (nSPS) is 16.0. The Morgan fingerprint density at radius 3 is 2.40 bits per heavy atom. The molecule has 1 aromatic heterocycles. The molecule has 6 nitrogen and oxygen atoms in total. The Morgan fingerprint density at radius 1 is 1.12 bits per heavy atom. The van der Waals surface area contributed by atoms with Gasteiger partial charge in [0.15, 0.2) is 6.61 Å². The zero-order valence-electron chi connectivity index (χ0n) is 13.3. The van der Waals surface area contributed by atoms with Crippen LogP contribution in [0.15, 0.2) is 50.5 Å². The first-order valence-corrected chi connectivity index (χ1v) is 10.8. The molecule has 0 bridgehead atoms. The average molecular weight is 445 g/mol. The number of amides is 1. The van der Waals surface area contributed by atoms with E-state index in [9.17, 15) is 13.2 Å². The number of carbonyl (C=O) groups is 1. The first kappa shape index (κ1) is 18.4. The topological polar surface area (TPSA) is 66.9 Å². The van der Waals surface area contributed by atoms with Crippen LogP contribution in [-0.2, 0) is 14.8 Å². The van der Waals surface area contributed by atoms with Gasteiger partial charge in [-0.1, -0.05) is 22.0 Å². The van der Waals surface area contributed by atoms with Gasteiger partial charge in [-0.15, -0.1) is 11.3 Å². The summed E-state index contributed by atoms with van der Waals surface area (Å²) >= 11 is 4.54. The summed E-state index contributed by atoms with van der Waals surface area (Å²) in [6, 6.07) is 10.6. The van der Waals surface area contributed by atoms with Crippen LogP contribution in [0.1, 0.15) is 0 Å². The summed E-state index contributed by atoms with van der Waals surface area (Å²) < 4.78 is 33.1. The zero-order valence-corrected chi connectivity index (χ0v) is 16.5. The minimum Gasteiger partial charge on any atom is -0.484 e. The van der Waals surface area contributed by atoms with E-state index in [1.807, 2.05) is 12.1 Å². The Hall–Kier alpha value is -1.42. The van der Waals surface area contributed by atoms with Crippen LogP contribution >= 0.6 is 27.3 Å². The molecule has 1 saturated heterocycles. The summed E-state index contributed by atoms with van der Waals surface area (Å²) in [5.74, 6) is 0.478. The number of halogens is 1. The maximum atomic E-state index is 12.5. The Labute approximate surface area is 159 Å². The van der Waals surface area contributed by atoms with E-state index in [1.54, 1.807) is 34.5 Å². The number of hydrogen-bond acceptors (Lipinski definition) is 5. The number of ether oxygens (including phenoxy) is 1. The van der Waals surface area contributed by atoms with E-state index >= 15 is 0 Å². The summed E-state index contributed by atoms with van der Waals surface area (Å²) in [5.41, 5.74) is 0. The fraction of sp³-hybridized carbons (Fsp3) is 0.312. The molecule has 2 heterocycles. The summed E-state index contributed by atoms with van der Waals surface area (Å²) in [6.45, 7) is 1.27. The van der Waals surface area contributed by atoms with Gasteiger partial charge in [0.05, 0.1) is 0 Å². The third kappa shape index (κ3) is 4.41. The maximum Gasteiger partial charge on any atom is 0.260 e. The molecule has 3 rings (SSSR count). The van der Waals surface area contributed by atoms with Gasteiger partial charge < -0.3 is 9.64 Å². The zero-order chi connectivity index (χ0) is 17.9. The van der Waals surface area contributed by atoms with Gasteiger partial charge in [0.1, 0.15) is 9.96 Å². The fourth-order valence-corrected chi connectivity index (χ4v) is 5.31. The van der Waals surface area contributed by atoms with Gasteiger partial charge in [-0.25, -0.2) is 8.42 Å². The molecule has 9 heteroatoms. The average Bonchev–Trinajstić information content (AvgIpc) is 3.16. The minimum atomic E-state index is -3.45. The van der Waals surface area contributed by atoms with E-state index in [0.29, 0.717) is 36.1 Å². The highest BCUT2D eigenvalue weighted by atomic mass is 79.9. The lowest BCUT2D eigenvalue weighted by atomic mass is 10.3. The van der Waals surface area contributed by atoms with Crippen molar-refractivity contribution in [1.29, 1.82) is 0 Å². The highest BCUT2D eigenvalue weighted by Crippen LogP contribution is 2.22. The van der Waals surface area contributed by atoms with Gasteiger partial charge in [-0.05, 0) is 35.7 Å². The molecule has 0 N–H and O–H groups in total. The third-order valence-corrected chi connectivity index (χ3v) is 7.66. The van der Waals surface area contributed by atoms with Crippen molar-refractivity contribution in [3.8, 4) is 5.75 Å². The molecular formula is C16H17BrN2O4S2. The number of thiophene rings is 1. The highest BCUT2D eigenvalue weighted by molar-refractivity contribution is 9.10. The van der Waals surface area contributed by atoms with Crippen molar-refractivity contribution >= 4 is 43.2 Å². The predicted molar refractivity (Wildman–Crippen MR) is 99.3 cm³/mol. The summed E-state index contributed by atoms with van der Waals surface area (Å²) in [7, 11) is -3.45. The van der Waals surface area contributed by atoms with E-state index < -0.39 is 10.0 Å². The van der Waals surface area contributed by atoms with Crippen LogP contribution in [0.4, 0.5) is 0 Å². The molecule has 0 radical (unpaired) electrons. The molecule has 0 saturated carbocycles. The van der Waals surface area contributed by atoms with Crippen LogP contribution in [0.3, 0.4) is 0 Å². The molecule has 1 amide bonds. The lowest BCUT2D eigenvalue weighted by molar-refractivity contribution is -0.134. The van der Waals surface area contributed by atoms with E-state index in [4.69, 9.17) is 4.74 Å². The molecule has 0 unspecified atom stereocenters. The summed E-state index contributed by atoms with van der Waals surface area (Å²) in [4.78, 5) is 13.9. The van der Waals surface area contributed by atoms with Gasteiger partial charge in [0.2, 0.25) is 0 Å². The molecule has 1 aliphatic heterocycles. The number of piperazine rings is 1. The van der Waals surface area contributed by atoms with E-state index in [1.165, 1.54) is 15.6 Å². The number of nitrogens with zero attached hydrogens (tertiary/aromatic N) is 2. The van der Waals surface area contributed by atoms with Crippen molar-refractivity contribution in [2.75, 3.05) is 32.8 Å². The summed E-state index contributed by atoms with van der Waals surface area (Å²) in [6.07, 6.45) is 0. The van der Waals surface area contributed by atoms with Crippen LogP contribution < -0.4 is 4.74 Å². The number of hydrogen-bond donors (Lipinski definition) is 0. The van der Waals surface area contributed by atoms with Crippen LogP contribution in [0.5, 0.6) is 5.75 Å². The standard InChI is InChI=1S/C16H17BrN2O4S2/c17-13-3-5-14(6-4-13)23-12-15(20)18-7-9-19(10-8-18)25(21,22)16-2-1-11-24-16/h1-6,11H,7-10,12H2. The summed E-state index contributed by atoms with van der Waals surface area (Å²) in [5, 5.41) is 1.74. The van der Waals surface area contributed by atoms with Crippen LogP contribution in [-0.4, -0.2) is 56.3 Å². The van der Waals surface area contributed by atoms with Crippen LogP contribution in [0.2, 0.25) is 0 Å². The predicted octanol–water partition coefficient (Wildman–Crippen LogP) is 2.42. The van der Waals surface area contributed by atoms with Crippen LogP contribution in [0.25, 0.3) is 0 Å². The van der Waals surface area contributed by atoms with Gasteiger partial charge >= 0.3 is 0 Å². The Bertz CT molecular complexity index is 814. The van der Waals surface area contributed by atoms with Crippen molar-refractivity contribution < 1.29 is 17.9 Å². The minimum absolute atomic E-state index is 0.0562. The number of rotatable bonds is 5. The molecule has 0 aliphatic carbocycles. The quantitative estimate of drug-likeness (QED) is 0.709. The molecule has 134 valence electrons. The van der Waals surface area contributed by atoms with Gasteiger partial charge in [0, 0.05) is 30.7 Å². The molecule has 1 aliphatic rings. The van der Waals surface area contributed by atoms with Crippen molar-refractivity contribution in [2.24, 2.45) is 0 Å². The second kappa shape index (κ2) is 7.86. The molecule has 25 heavy (non-hydrogen) atoms. The van der Waals surface area contributed by atoms with Gasteiger partial charge in [-0.3, -0.25) is 4.79 Å². The van der Waals surface area contributed by atoms with Crippen molar-refractivity contribution in [2.45, 2.75) is 4.21 Å². The third-order valence-electron chi connectivity index (χ3n) is 3.86. The fourth-order valence-electron chi connectivity index (χ4n) is 2.48. The Kier molecular flexibility index (Phi) is 5.78.